The molecule has 0 bridgehead atoms. The molecule has 4 heteroatoms. The lowest BCUT2D eigenvalue weighted by Gasteiger charge is -2.49. The average molecular weight is 292 g/mol. The molecule has 1 fully saturated rings. The fourth-order valence-electron chi connectivity index (χ4n) is 3.86. The standard InChI is InChI=1S/C17H32N4/c1-5-11-18-16(12-15-13-19-21(4)14-15)17(20(2)3)9-7-6-8-10-17/h13-14,16,18H,5-12H2,1-4H3. The van der Waals surface area contributed by atoms with Crippen molar-refractivity contribution in [3.8, 4) is 0 Å². The van der Waals surface area contributed by atoms with E-state index >= 15 is 0 Å². The Kier molecular flexibility index (Phi) is 5.82. The van der Waals surface area contributed by atoms with E-state index < -0.39 is 0 Å². The van der Waals surface area contributed by atoms with Crippen LogP contribution in [0, 0.1) is 0 Å². The van der Waals surface area contributed by atoms with E-state index in [0.717, 1.165) is 13.0 Å². The lowest BCUT2D eigenvalue weighted by Crippen LogP contribution is -2.61. The van der Waals surface area contributed by atoms with E-state index in [9.17, 15) is 0 Å². The van der Waals surface area contributed by atoms with Gasteiger partial charge in [-0.25, -0.2) is 0 Å². The van der Waals surface area contributed by atoms with Gasteiger partial charge in [0.2, 0.25) is 0 Å². The molecule has 1 aromatic rings. The molecule has 120 valence electrons. The minimum Gasteiger partial charge on any atom is -0.312 e. The Morgan fingerprint density at radius 3 is 2.57 bits per heavy atom. The highest BCUT2D eigenvalue weighted by molar-refractivity contribution is 5.11. The van der Waals surface area contributed by atoms with Crippen molar-refractivity contribution < 1.29 is 0 Å². The first-order valence-corrected chi connectivity index (χ1v) is 8.47. The highest BCUT2D eigenvalue weighted by atomic mass is 15.2. The number of rotatable bonds is 7. The molecule has 1 N–H and O–H groups in total. The molecule has 0 aliphatic heterocycles. The Morgan fingerprint density at radius 1 is 1.33 bits per heavy atom. The Hall–Kier alpha value is -0.870. The van der Waals surface area contributed by atoms with Gasteiger partial charge in [0, 0.05) is 24.8 Å². The molecule has 1 aliphatic carbocycles. The Morgan fingerprint density at radius 2 is 2.05 bits per heavy atom. The third kappa shape index (κ3) is 3.86. The summed E-state index contributed by atoms with van der Waals surface area (Å²) in [6, 6.07) is 0.511. The summed E-state index contributed by atoms with van der Waals surface area (Å²) in [7, 11) is 6.52. The van der Waals surface area contributed by atoms with Crippen LogP contribution in [-0.2, 0) is 13.5 Å². The monoisotopic (exact) mass is 292 g/mol. The third-order valence-corrected chi connectivity index (χ3v) is 5.10. The zero-order valence-electron chi connectivity index (χ0n) is 14.2. The van der Waals surface area contributed by atoms with Gasteiger partial charge in [0.25, 0.3) is 0 Å². The van der Waals surface area contributed by atoms with E-state index in [4.69, 9.17) is 0 Å². The minimum atomic E-state index is 0.295. The largest absolute Gasteiger partial charge is 0.312 e. The predicted octanol–water partition coefficient (Wildman–Crippen LogP) is 2.60. The molecule has 0 amide bonds. The molecule has 0 aromatic carbocycles. The second kappa shape index (κ2) is 7.41. The molecule has 0 radical (unpaired) electrons. The number of aryl methyl sites for hydroxylation is 1. The third-order valence-electron chi connectivity index (χ3n) is 5.10. The SMILES string of the molecule is CCCNC(Cc1cnn(C)c1)C1(N(C)C)CCCCC1. The van der Waals surface area contributed by atoms with Gasteiger partial charge in [0.15, 0.2) is 0 Å². The van der Waals surface area contributed by atoms with Gasteiger partial charge in [-0.3, -0.25) is 4.68 Å². The zero-order chi connectivity index (χ0) is 15.3. The van der Waals surface area contributed by atoms with Crippen LogP contribution in [-0.4, -0.2) is 46.9 Å². The van der Waals surface area contributed by atoms with E-state index in [1.807, 2.05) is 17.9 Å². The molecule has 1 saturated carbocycles. The molecular weight excluding hydrogens is 260 g/mol. The Labute approximate surface area is 129 Å². The van der Waals surface area contributed by atoms with Crippen molar-refractivity contribution in [2.24, 2.45) is 7.05 Å². The van der Waals surface area contributed by atoms with Crippen molar-refractivity contribution in [2.45, 2.75) is 63.5 Å². The Balaban J connectivity index is 2.19. The summed E-state index contributed by atoms with van der Waals surface area (Å²) < 4.78 is 1.91. The first-order chi connectivity index (χ1) is 10.1. The normalized spacial score (nSPS) is 19.9. The van der Waals surface area contributed by atoms with E-state index in [2.05, 4.69) is 42.5 Å². The first-order valence-electron chi connectivity index (χ1n) is 8.47. The van der Waals surface area contributed by atoms with E-state index in [1.54, 1.807) is 0 Å². The highest BCUT2D eigenvalue weighted by Gasteiger charge is 2.41. The van der Waals surface area contributed by atoms with Gasteiger partial charge in [-0.15, -0.1) is 0 Å². The van der Waals surface area contributed by atoms with Crippen molar-refractivity contribution >= 4 is 0 Å². The van der Waals surface area contributed by atoms with E-state index in [0.29, 0.717) is 11.6 Å². The van der Waals surface area contributed by atoms with Crippen LogP contribution in [0.2, 0.25) is 0 Å². The topological polar surface area (TPSA) is 33.1 Å². The fourth-order valence-corrected chi connectivity index (χ4v) is 3.86. The summed E-state index contributed by atoms with van der Waals surface area (Å²) in [5, 5.41) is 8.18. The summed E-state index contributed by atoms with van der Waals surface area (Å²) >= 11 is 0. The van der Waals surface area contributed by atoms with Gasteiger partial charge in [0.1, 0.15) is 0 Å². The lowest BCUT2D eigenvalue weighted by atomic mass is 9.73. The van der Waals surface area contributed by atoms with Gasteiger partial charge in [-0.1, -0.05) is 26.2 Å². The molecule has 21 heavy (non-hydrogen) atoms. The van der Waals surface area contributed by atoms with Crippen LogP contribution in [0.5, 0.6) is 0 Å². The molecular formula is C17H32N4. The number of nitrogens with zero attached hydrogens (tertiary/aromatic N) is 3. The maximum Gasteiger partial charge on any atom is 0.0522 e. The summed E-state index contributed by atoms with van der Waals surface area (Å²) in [6.45, 7) is 3.35. The smallest absolute Gasteiger partial charge is 0.0522 e. The van der Waals surface area contributed by atoms with Crippen molar-refractivity contribution in [1.82, 2.24) is 20.0 Å². The Bertz CT molecular complexity index is 418. The fraction of sp³-hybridized carbons (Fsp3) is 0.824. The van der Waals surface area contributed by atoms with Gasteiger partial charge < -0.3 is 10.2 Å². The second-order valence-corrected chi connectivity index (χ2v) is 6.79. The minimum absolute atomic E-state index is 0.295. The molecule has 1 heterocycles. The molecule has 1 atom stereocenters. The summed E-state index contributed by atoms with van der Waals surface area (Å²) in [5.74, 6) is 0. The molecule has 0 spiro atoms. The summed E-state index contributed by atoms with van der Waals surface area (Å²) in [5.41, 5.74) is 1.64. The van der Waals surface area contributed by atoms with Crippen LogP contribution in [0.4, 0.5) is 0 Å². The number of hydrogen-bond donors (Lipinski definition) is 1. The van der Waals surface area contributed by atoms with Gasteiger partial charge >= 0.3 is 0 Å². The predicted molar refractivity (Wildman–Crippen MR) is 88.5 cm³/mol. The molecule has 1 aliphatic rings. The quantitative estimate of drug-likeness (QED) is 0.838. The molecule has 0 saturated heterocycles. The van der Waals surface area contributed by atoms with Crippen LogP contribution in [0.15, 0.2) is 12.4 Å². The molecule has 1 unspecified atom stereocenters. The van der Waals surface area contributed by atoms with Crippen LogP contribution in [0.25, 0.3) is 0 Å². The highest BCUT2D eigenvalue weighted by Crippen LogP contribution is 2.36. The van der Waals surface area contributed by atoms with Crippen LogP contribution >= 0.6 is 0 Å². The first kappa shape index (κ1) is 16.5. The van der Waals surface area contributed by atoms with Gasteiger partial charge in [-0.05, 0) is 51.9 Å². The van der Waals surface area contributed by atoms with E-state index in [-0.39, 0.29) is 0 Å². The van der Waals surface area contributed by atoms with Crippen LogP contribution in [0.1, 0.15) is 51.0 Å². The van der Waals surface area contributed by atoms with Crippen LogP contribution < -0.4 is 5.32 Å². The number of nitrogens with one attached hydrogen (secondary N) is 1. The maximum atomic E-state index is 4.34. The number of hydrogen-bond acceptors (Lipinski definition) is 3. The van der Waals surface area contributed by atoms with Crippen molar-refractivity contribution in [1.29, 1.82) is 0 Å². The van der Waals surface area contributed by atoms with E-state index in [1.165, 1.54) is 44.1 Å². The number of aromatic nitrogens is 2. The number of likely N-dealkylation sites (N-methyl/N-ethyl adjacent to an activating group) is 1. The molecule has 2 rings (SSSR count). The molecule has 4 nitrogen and oxygen atoms in total. The van der Waals surface area contributed by atoms with Gasteiger partial charge in [-0.2, -0.15) is 5.10 Å². The van der Waals surface area contributed by atoms with Crippen molar-refractivity contribution in [3.63, 3.8) is 0 Å². The zero-order valence-corrected chi connectivity index (χ0v) is 14.2. The molecule has 1 aromatic heterocycles. The second-order valence-electron chi connectivity index (χ2n) is 6.79. The summed E-state index contributed by atoms with van der Waals surface area (Å²) in [6.07, 6.45) is 13.2. The lowest BCUT2D eigenvalue weighted by molar-refractivity contribution is 0.0569. The van der Waals surface area contributed by atoms with Crippen molar-refractivity contribution in [2.75, 3.05) is 20.6 Å². The maximum absolute atomic E-state index is 4.34. The van der Waals surface area contributed by atoms with Gasteiger partial charge in [0.05, 0.1) is 6.20 Å². The summed E-state index contributed by atoms with van der Waals surface area (Å²) in [4.78, 5) is 2.48. The average Bonchev–Trinajstić information content (AvgIpc) is 2.89. The van der Waals surface area contributed by atoms with Crippen LogP contribution in [0.3, 0.4) is 0 Å². The van der Waals surface area contributed by atoms with Crippen molar-refractivity contribution in [3.05, 3.63) is 18.0 Å².